The Morgan fingerprint density at radius 1 is 1.09 bits per heavy atom. The highest BCUT2D eigenvalue weighted by Gasteiger charge is 2.27. The molecule has 0 radical (unpaired) electrons. The molecule has 2 aliphatic heterocycles. The molecule has 8 nitrogen and oxygen atoms in total. The van der Waals surface area contributed by atoms with E-state index in [0.717, 1.165) is 32.3 Å². The number of carbonyl (C=O) groups excluding carboxylic acids is 2. The van der Waals surface area contributed by atoms with Gasteiger partial charge in [0.1, 0.15) is 0 Å². The van der Waals surface area contributed by atoms with Gasteiger partial charge in [-0.1, -0.05) is 28.4 Å². The third kappa shape index (κ3) is 6.47. The van der Waals surface area contributed by atoms with Crippen molar-refractivity contribution in [1.82, 2.24) is 15.4 Å². The molecule has 1 aromatic heterocycles. The summed E-state index contributed by atoms with van der Waals surface area (Å²) in [6.45, 7) is 2.55. The molecule has 0 bridgehead atoms. The van der Waals surface area contributed by atoms with E-state index in [4.69, 9.17) is 37.2 Å². The van der Waals surface area contributed by atoms with Crippen LogP contribution in [0.15, 0.2) is 28.8 Å². The molecule has 0 aliphatic carbocycles. The molecule has 2 aromatic rings. The predicted octanol–water partition coefficient (Wildman–Crippen LogP) is 3.95. The van der Waals surface area contributed by atoms with Gasteiger partial charge in [0.05, 0.1) is 17.2 Å². The first-order chi connectivity index (χ1) is 16.0. The van der Waals surface area contributed by atoms with E-state index in [-0.39, 0.29) is 42.7 Å². The molecule has 2 saturated heterocycles. The summed E-state index contributed by atoms with van der Waals surface area (Å²) >= 11 is 12.2. The topological polar surface area (TPSA) is 93.9 Å². The van der Waals surface area contributed by atoms with Crippen molar-refractivity contribution in [3.8, 4) is 11.3 Å². The highest BCUT2D eigenvalue weighted by molar-refractivity contribution is 6.36. The maximum atomic E-state index is 13.2. The summed E-state index contributed by atoms with van der Waals surface area (Å²) in [6.07, 6.45) is 4.00. The second-order valence-electron chi connectivity index (χ2n) is 8.28. The van der Waals surface area contributed by atoms with Crippen molar-refractivity contribution in [3.63, 3.8) is 0 Å². The van der Waals surface area contributed by atoms with Gasteiger partial charge in [0.2, 0.25) is 5.91 Å². The van der Waals surface area contributed by atoms with Crippen LogP contribution in [-0.2, 0) is 14.3 Å². The fraction of sp³-hybridized carbons (Fsp3) is 0.522. The maximum Gasteiger partial charge on any atom is 0.276 e. The first-order valence-corrected chi connectivity index (χ1v) is 12.0. The minimum absolute atomic E-state index is 0.0546. The Hall–Kier alpha value is -2.13. The van der Waals surface area contributed by atoms with Crippen molar-refractivity contribution in [2.75, 3.05) is 32.8 Å². The molecule has 2 fully saturated rings. The summed E-state index contributed by atoms with van der Waals surface area (Å²) in [7, 11) is 0. The first-order valence-electron chi connectivity index (χ1n) is 11.2. The number of benzene rings is 1. The molecular weight excluding hydrogens is 469 g/mol. The Kier molecular flexibility index (Phi) is 8.25. The minimum Gasteiger partial charge on any atom is -0.376 e. The van der Waals surface area contributed by atoms with Crippen molar-refractivity contribution >= 4 is 35.0 Å². The molecule has 2 aliphatic rings. The number of ether oxygens (including phenoxy) is 2. The van der Waals surface area contributed by atoms with Crippen molar-refractivity contribution in [2.24, 2.45) is 0 Å². The van der Waals surface area contributed by atoms with Crippen molar-refractivity contribution in [2.45, 2.75) is 44.3 Å². The Labute approximate surface area is 202 Å². The second-order valence-corrected chi connectivity index (χ2v) is 9.12. The smallest absolute Gasteiger partial charge is 0.276 e. The van der Waals surface area contributed by atoms with Crippen LogP contribution in [0.25, 0.3) is 11.3 Å². The maximum absolute atomic E-state index is 13.2. The zero-order chi connectivity index (χ0) is 23.2. The fourth-order valence-electron chi connectivity index (χ4n) is 4.02. The highest BCUT2D eigenvalue weighted by Crippen LogP contribution is 2.31. The predicted molar refractivity (Wildman–Crippen MR) is 123 cm³/mol. The number of hydrogen-bond donors (Lipinski definition) is 1. The lowest BCUT2D eigenvalue weighted by Gasteiger charge is -2.24. The first kappa shape index (κ1) is 24.0. The van der Waals surface area contributed by atoms with E-state index in [0.29, 0.717) is 41.1 Å². The van der Waals surface area contributed by atoms with E-state index in [2.05, 4.69) is 10.5 Å². The van der Waals surface area contributed by atoms with Gasteiger partial charge in [0.25, 0.3) is 5.91 Å². The van der Waals surface area contributed by atoms with Crippen LogP contribution in [-0.4, -0.2) is 66.9 Å². The number of aromatic nitrogens is 1. The number of amides is 2. The van der Waals surface area contributed by atoms with E-state index in [1.807, 2.05) is 0 Å². The summed E-state index contributed by atoms with van der Waals surface area (Å²) in [5.41, 5.74) is 0.737. The lowest BCUT2D eigenvalue weighted by atomic mass is 10.1. The number of carbonyl (C=O) groups is 2. The third-order valence-corrected chi connectivity index (χ3v) is 6.37. The van der Waals surface area contributed by atoms with Gasteiger partial charge in [-0.05, 0) is 43.9 Å². The summed E-state index contributed by atoms with van der Waals surface area (Å²) in [4.78, 5) is 27.2. The number of halogens is 2. The highest BCUT2D eigenvalue weighted by atomic mass is 35.5. The molecule has 0 spiro atoms. The number of nitrogens with one attached hydrogen (secondary N) is 1. The summed E-state index contributed by atoms with van der Waals surface area (Å²) in [5, 5.41) is 7.75. The van der Waals surface area contributed by atoms with Gasteiger partial charge < -0.3 is 24.2 Å². The molecule has 1 N–H and O–H groups in total. The second kappa shape index (κ2) is 11.3. The molecular formula is C23H27Cl2N3O5. The summed E-state index contributed by atoms with van der Waals surface area (Å²) < 4.78 is 16.6. The van der Waals surface area contributed by atoms with Crippen LogP contribution in [0.3, 0.4) is 0 Å². The normalized spacial score (nSPS) is 20.2. The van der Waals surface area contributed by atoms with Gasteiger partial charge in [-0.3, -0.25) is 9.59 Å². The van der Waals surface area contributed by atoms with Crippen LogP contribution in [0.4, 0.5) is 0 Å². The Bertz CT molecular complexity index is 971. The molecule has 33 heavy (non-hydrogen) atoms. The minimum atomic E-state index is -0.322. The van der Waals surface area contributed by atoms with Crippen LogP contribution < -0.4 is 5.32 Å². The Morgan fingerprint density at radius 2 is 1.85 bits per heavy atom. The summed E-state index contributed by atoms with van der Waals surface area (Å²) in [6, 6.07) is 6.55. The van der Waals surface area contributed by atoms with Gasteiger partial charge in [-0.15, -0.1) is 0 Å². The lowest BCUT2D eigenvalue weighted by Crippen LogP contribution is -2.40. The molecule has 10 heteroatoms. The zero-order valence-electron chi connectivity index (χ0n) is 18.2. The van der Waals surface area contributed by atoms with Crippen molar-refractivity contribution in [3.05, 3.63) is 40.0 Å². The molecule has 178 valence electrons. The van der Waals surface area contributed by atoms with E-state index in [1.165, 1.54) is 0 Å². The largest absolute Gasteiger partial charge is 0.376 e. The molecule has 2 atom stereocenters. The average Bonchev–Trinajstić information content (AvgIpc) is 3.57. The van der Waals surface area contributed by atoms with Gasteiger partial charge in [-0.25, -0.2) is 0 Å². The van der Waals surface area contributed by atoms with E-state index in [9.17, 15) is 9.59 Å². The molecule has 2 amide bonds. The van der Waals surface area contributed by atoms with E-state index in [1.54, 1.807) is 29.2 Å². The quantitative estimate of drug-likeness (QED) is 0.565. The van der Waals surface area contributed by atoms with Crippen LogP contribution in [0, 0.1) is 0 Å². The Morgan fingerprint density at radius 3 is 2.55 bits per heavy atom. The van der Waals surface area contributed by atoms with Crippen LogP contribution in [0.5, 0.6) is 0 Å². The van der Waals surface area contributed by atoms with E-state index < -0.39 is 0 Å². The molecule has 2 unspecified atom stereocenters. The van der Waals surface area contributed by atoms with E-state index >= 15 is 0 Å². The molecule has 0 saturated carbocycles. The standard InChI is InChI=1S/C23H27Cl2N3O5/c24-15-5-6-18(19(25)11-15)21-12-20(27-33-21)23(30)28(14-17-4-2-10-32-17)8-7-22(29)26-13-16-3-1-9-31-16/h5-6,11-12,16-17H,1-4,7-10,13-14H2,(H,26,29). The number of rotatable bonds is 9. The number of hydrogen-bond acceptors (Lipinski definition) is 6. The fourth-order valence-corrected chi connectivity index (χ4v) is 4.52. The SMILES string of the molecule is O=C(CCN(CC1CCCO1)C(=O)c1cc(-c2ccc(Cl)cc2Cl)on1)NCC1CCCO1. The van der Waals surface area contributed by atoms with Gasteiger partial charge >= 0.3 is 0 Å². The van der Waals surface area contributed by atoms with Crippen molar-refractivity contribution < 1.29 is 23.6 Å². The third-order valence-electron chi connectivity index (χ3n) is 5.82. The molecule has 4 rings (SSSR count). The number of nitrogens with zero attached hydrogens (tertiary/aromatic N) is 2. The Balaban J connectivity index is 1.40. The van der Waals surface area contributed by atoms with Gasteiger partial charge in [0.15, 0.2) is 11.5 Å². The van der Waals surface area contributed by atoms with Gasteiger partial charge in [0, 0.05) is 55.9 Å². The van der Waals surface area contributed by atoms with Crippen LogP contribution in [0.2, 0.25) is 10.0 Å². The lowest BCUT2D eigenvalue weighted by molar-refractivity contribution is -0.121. The average molecular weight is 496 g/mol. The van der Waals surface area contributed by atoms with Gasteiger partial charge in [-0.2, -0.15) is 0 Å². The summed E-state index contributed by atoms with van der Waals surface area (Å²) in [5.74, 6) is -0.0756. The molecule has 3 heterocycles. The molecule has 1 aromatic carbocycles. The van der Waals surface area contributed by atoms with Crippen LogP contribution in [0.1, 0.15) is 42.6 Å². The zero-order valence-corrected chi connectivity index (χ0v) is 19.7. The monoisotopic (exact) mass is 495 g/mol. The van der Waals surface area contributed by atoms with Crippen LogP contribution >= 0.6 is 23.2 Å². The van der Waals surface area contributed by atoms with Crippen molar-refractivity contribution in [1.29, 1.82) is 0 Å².